The molecule has 1 aliphatic rings. The van der Waals surface area contributed by atoms with Crippen LogP contribution in [0.1, 0.15) is 27.7 Å². The van der Waals surface area contributed by atoms with Crippen molar-refractivity contribution in [2.45, 2.75) is 39.9 Å². The van der Waals surface area contributed by atoms with Gasteiger partial charge in [0.25, 0.3) is 0 Å². The van der Waals surface area contributed by atoms with Crippen molar-refractivity contribution < 1.29 is 14.7 Å². The van der Waals surface area contributed by atoms with Crippen LogP contribution in [0.5, 0.6) is 0 Å². The molecule has 1 rings (SSSR count). The average molecular weight is 257 g/mol. The molecule has 0 aliphatic carbocycles. The lowest BCUT2D eigenvalue weighted by Gasteiger charge is -2.37. The molecule has 0 aromatic heterocycles. The molecular formula is C12H23N3O3. The summed E-state index contributed by atoms with van der Waals surface area (Å²) in [4.78, 5) is 14.2. The van der Waals surface area contributed by atoms with Crippen molar-refractivity contribution in [2.75, 3.05) is 13.1 Å². The molecule has 1 fully saturated rings. The molecule has 6 heteroatoms. The minimum absolute atomic E-state index is 0.0119. The first-order valence-corrected chi connectivity index (χ1v) is 6.28. The zero-order chi connectivity index (χ0) is 13.9. The number of nitrogens with two attached hydrogens (primary N) is 1. The number of amides is 1. The van der Waals surface area contributed by atoms with E-state index in [1.165, 1.54) is 0 Å². The Bertz CT molecular complexity index is 321. The number of oxime groups is 1. The number of amidine groups is 1. The second kappa shape index (κ2) is 6.04. The second-order valence-corrected chi connectivity index (χ2v) is 5.25. The number of ether oxygens (including phenoxy) is 1. The van der Waals surface area contributed by atoms with Crippen LogP contribution < -0.4 is 5.73 Å². The Labute approximate surface area is 108 Å². The highest BCUT2D eigenvalue weighted by Gasteiger charge is 2.34. The number of carbonyl (C=O) groups excluding carboxylic acids is 1. The lowest BCUT2D eigenvalue weighted by Crippen LogP contribution is -2.52. The van der Waals surface area contributed by atoms with Gasteiger partial charge < -0.3 is 20.6 Å². The predicted octanol–water partition coefficient (Wildman–Crippen LogP) is 0.641. The van der Waals surface area contributed by atoms with Gasteiger partial charge in [-0.05, 0) is 19.8 Å². The van der Waals surface area contributed by atoms with E-state index in [0.717, 1.165) is 0 Å². The normalized spacial score (nSPS) is 27.4. The molecule has 0 spiro atoms. The SMILES string of the molecule is CC1CN(C(=O)C(/C(N)=N/O)C(C)C)CC(C)O1. The Balaban J connectivity index is 2.83. The van der Waals surface area contributed by atoms with Crippen LogP contribution in [-0.2, 0) is 9.53 Å². The van der Waals surface area contributed by atoms with Crippen molar-refractivity contribution in [1.82, 2.24) is 4.90 Å². The summed E-state index contributed by atoms with van der Waals surface area (Å²) < 4.78 is 5.59. The highest BCUT2D eigenvalue weighted by molar-refractivity contribution is 6.02. The fourth-order valence-corrected chi connectivity index (χ4v) is 2.37. The number of hydrogen-bond donors (Lipinski definition) is 2. The number of nitrogens with zero attached hydrogens (tertiary/aromatic N) is 2. The predicted molar refractivity (Wildman–Crippen MR) is 68.3 cm³/mol. The summed E-state index contributed by atoms with van der Waals surface area (Å²) in [7, 11) is 0. The summed E-state index contributed by atoms with van der Waals surface area (Å²) in [5, 5.41) is 11.8. The largest absolute Gasteiger partial charge is 0.409 e. The number of rotatable bonds is 3. The first-order chi connectivity index (χ1) is 8.36. The minimum atomic E-state index is -0.576. The second-order valence-electron chi connectivity index (χ2n) is 5.25. The molecule has 3 unspecified atom stereocenters. The lowest BCUT2D eigenvalue weighted by molar-refractivity contribution is -0.146. The maximum absolute atomic E-state index is 12.4. The molecule has 0 aromatic carbocycles. The van der Waals surface area contributed by atoms with Crippen LogP contribution in [-0.4, -0.2) is 47.1 Å². The molecule has 3 atom stereocenters. The molecule has 18 heavy (non-hydrogen) atoms. The van der Waals surface area contributed by atoms with Gasteiger partial charge in [-0.25, -0.2) is 0 Å². The Morgan fingerprint density at radius 1 is 1.39 bits per heavy atom. The quantitative estimate of drug-likeness (QED) is 0.336. The molecule has 0 bridgehead atoms. The maximum Gasteiger partial charge on any atom is 0.233 e. The van der Waals surface area contributed by atoms with Crippen molar-refractivity contribution in [1.29, 1.82) is 0 Å². The first-order valence-electron chi connectivity index (χ1n) is 6.28. The molecule has 0 aromatic rings. The standard InChI is InChI=1S/C12H23N3O3/c1-7(2)10(11(13)14-17)12(16)15-5-8(3)18-9(4)6-15/h7-10,17H,5-6H2,1-4H3,(H2,13,14). The van der Waals surface area contributed by atoms with Crippen molar-refractivity contribution in [3.63, 3.8) is 0 Å². The zero-order valence-electron chi connectivity index (χ0n) is 11.5. The third kappa shape index (κ3) is 3.35. The Morgan fingerprint density at radius 2 is 1.89 bits per heavy atom. The van der Waals surface area contributed by atoms with E-state index in [-0.39, 0.29) is 29.9 Å². The molecule has 3 N–H and O–H groups in total. The molecule has 1 aliphatic heterocycles. The van der Waals surface area contributed by atoms with E-state index < -0.39 is 5.92 Å². The van der Waals surface area contributed by atoms with Crippen molar-refractivity contribution >= 4 is 11.7 Å². The molecule has 0 saturated carbocycles. The number of morpholine rings is 1. The molecule has 1 amide bonds. The molecule has 1 heterocycles. The van der Waals surface area contributed by atoms with Crippen LogP contribution in [0.25, 0.3) is 0 Å². The third-order valence-electron chi connectivity index (χ3n) is 3.10. The molecule has 0 radical (unpaired) electrons. The fourth-order valence-electron chi connectivity index (χ4n) is 2.37. The van der Waals surface area contributed by atoms with E-state index in [0.29, 0.717) is 13.1 Å². The van der Waals surface area contributed by atoms with Crippen molar-refractivity contribution in [2.24, 2.45) is 22.7 Å². The highest BCUT2D eigenvalue weighted by Crippen LogP contribution is 2.19. The topological polar surface area (TPSA) is 88.2 Å². The average Bonchev–Trinajstić information content (AvgIpc) is 2.26. The first kappa shape index (κ1) is 14.8. The van der Waals surface area contributed by atoms with E-state index in [4.69, 9.17) is 15.7 Å². The number of hydrogen-bond acceptors (Lipinski definition) is 4. The summed E-state index contributed by atoms with van der Waals surface area (Å²) >= 11 is 0. The van der Waals surface area contributed by atoms with E-state index in [2.05, 4.69) is 5.16 Å². The van der Waals surface area contributed by atoms with Crippen LogP contribution in [0.4, 0.5) is 0 Å². The van der Waals surface area contributed by atoms with Gasteiger partial charge in [0, 0.05) is 13.1 Å². The monoisotopic (exact) mass is 257 g/mol. The van der Waals surface area contributed by atoms with Gasteiger partial charge in [-0.15, -0.1) is 0 Å². The van der Waals surface area contributed by atoms with Crippen LogP contribution in [0, 0.1) is 11.8 Å². The smallest absolute Gasteiger partial charge is 0.233 e. The van der Waals surface area contributed by atoms with E-state index in [9.17, 15) is 4.79 Å². The van der Waals surface area contributed by atoms with E-state index in [1.54, 1.807) is 4.90 Å². The van der Waals surface area contributed by atoms with Gasteiger partial charge in [-0.2, -0.15) is 0 Å². The van der Waals surface area contributed by atoms with Crippen molar-refractivity contribution in [3.05, 3.63) is 0 Å². The Kier molecular flexibility index (Phi) is 4.95. The van der Waals surface area contributed by atoms with Gasteiger partial charge in [0.1, 0.15) is 5.92 Å². The van der Waals surface area contributed by atoms with Crippen LogP contribution >= 0.6 is 0 Å². The highest BCUT2D eigenvalue weighted by atomic mass is 16.5. The molecular weight excluding hydrogens is 234 g/mol. The van der Waals surface area contributed by atoms with E-state index in [1.807, 2.05) is 27.7 Å². The summed E-state index contributed by atoms with van der Waals surface area (Å²) in [5.41, 5.74) is 5.62. The van der Waals surface area contributed by atoms with Gasteiger partial charge in [0.2, 0.25) is 5.91 Å². The Hall–Kier alpha value is -1.30. The Morgan fingerprint density at radius 3 is 2.28 bits per heavy atom. The van der Waals surface area contributed by atoms with Gasteiger partial charge in [0.15, 0.2) is 5.84 Å². The summed E-state index contributed by atoms with van der Waals surface area (Å²) in [6, 6.07) is 0. The van der Waals surface area contributed by atoms with Crippen LogP contribution in [0.2, 0.25) is 0 Å². The molecule has 1 saturated heterocycles. The summed E-state index contributed by atoms with van der Waals surface area (Å²) in [6.07, 6.45) is 0.0237. The summed E-state index contributed by atoms with van der Waals surface area (Å²) in [5.74, 6) is -0.710. The van der Waals surface area contributed by atoms with Crippen LogP contribution in [0.3, 0.4) is 0 Å². The molecule has 104 valence electrons. The van der Waals surface area contributed by atoms with Crippen LogP contribution in [0.15, 0.2) is 5.16 Å². The van der Waals surface area contributed by atoms with E-state index >= 15 is 0 Å². The van der Waals surface area contributed by atoms with Gasteiger partial charge >= 0.3 is 0 Å². The minimum Gasteiger partial charge on any atom is -0.409 e. The van der Waals surface area contributed by atoms with Gasteiger partial charge in [-0.1, -0.05) is 19.0 Å². The third-order valence-corrected chi connectivity index (χ3v) is 3.10. The lowest BCUT2D eigenvalue weighted by atomic mass is 9.92. The maximum atomic E-state index is 12.4. The zero-order valence-corrected chi connectivity index (χ0v) is 11.5. The summed E-state index contributed by atoms with van der Waals surface area (Å²) in [6.45, 7) is 8.73. The van der Waals surface area contributed by atoms with Gasteiger partial charge in [0.05, 0.1) is 12.2 Å². The number of carbonyl (C=O) groups is 1. The molecule has 6 nitrogen and oxygen atoms in total. The van der Waals surface area contributed by atoms with Gasteiger partial charge in [-0.3, -0.25) is 4.79 Å². The fraction of sp³-hybridized carbons (Fsp3) is 0.833. The van der Waals surface area contributed by atoms with Crippen molar-refractivity contribution in [3.8, 4) is 0 Å².